The molecule has 0 bridgehead atoms. The Morgan fingerprint density at radius 2 is 2.04 bits per heavy atom. The van der Waals surface area contributed by atoms with Crippen molar-refractivity contribution in [3.63, 3.8) is 0 Å². The van der Waals surface area contributed by atoms with Crippen LogP contribution in [-0.2, 0) is 9.47 Å². The first-order chi connectivity index (χ1) is 11.0. The number of ether oxygens (including phenoxy) is 2. The van der Waals surface area contributed by atoms with Crippen molar-refractivity contribution >= 4 is 0 Å². The zero-order chi connectivity index (χ0) is 17.5. The van der Waals surface area contributed by atoms with Crippen LogP contribution in [0.4, 0.5) is 0 Å². The summed E-state index contributed by atoms with van der Waals surface area (Å²) in [5.41, 5.74) is 2.97. The highest BCUT2D eigenvalue weighted by atomic mass is 16.5. The van der Waals surface area contributed by atoms with E-state index in [2.05, 4.69) is 44.3 Å². The van der Waals surface area contributed by atoms with Crippen LogP contribution in [0.1, 0.15) is 47.5 Å². The Hall–Kier alpha value is -1.06. The molecule has 1 N–H and O–H groups in total. The Labute approximate surface area is 142 Å². The van der Waals surface area contributed by atoms with Gasteiger partial charge in [0.15, 0.2) is 0 Å². The summed E-state index contributed by atoms with van der Waals surface area (Å²) in [5, 5.41) is 3.14. The van der Waals surface area contributed by atoms with Gasteiger partial charge in [-0.15, -0.1) is 0 Å². The van der Waals surface area contributed by atoms with E-state index in [9.17, 15) is 0 Å². The van der Waals surface area contributed by atoms with Gasteiger partial charge in [-0.3, -0.25) is 0 Å². The van der Waals surface area contributed by atoms with Gasteiger partial charge in [0.1, 0.15) is 18.5 Å². The second-order valence-corrected chi connectivity index (χ2v) is 6.77. The van der Waals surface area contributed by atoms with E-state index >= 15 is 0 Å². The van der Waals surface area contributed by atoms with Gasteiger partial charge in [0.05, 0.1) is 0 Å². The third-order valence-corrected chi connectivity index (χ3v) is 4.35. The van der Waals surface area contributed by atoms with Crippen LogP contribution >= 0.6 is 0 Å². The molecule has 1 saturated carbocycles. The highest BCUT2D eigenvalue weighted by Gasteiger charge is 2.29. The molecule has 2 aliphatic rings. The van der Waals surface area contributed by atoms with E-state index < -0.39 is 0 Å². The number of fused-ring (bicyclic) bond motifs is 1. The fraction of sp³-hybridized carbons (Fsp3) is 0.700. The molecule has 23 heavy (non-hydrogen) atoms. The van der Waals surface area contributed by atoms with Crippen molar-refractivity contribution in [2.45, 2.75) is 53.6 Å². The van der Waals surface area contributed by atoms with Crippen LogP contribution in [0.25, 0.3) is 0 Å². The maximum absolute atomic E-state index is 6.13. The SMILES string of the molecule is CC.CNCC(COC1=C2C(=CC(C)(C)C=C1)CCC2C)OC. The van der Waals surface area contributed by atoms with Crippen molar-refractivity contribution < 1.29 is 9.47 Å². The van der Waals surface area contributed by atoms with Crippen molar-refractivity contribution in [1.29, 1.82) is 0 Å². The van der Waals surface area contributed by atoms with Crippen LogP contribution in [0.3, 0.4) is 0 Å². The molecule has 132 valence electrons. The minimum Gasteiger partial charge on any atom is -0.491 e. The van der Waals surface area contributed by atoms with E-state index in [1.54, 1.807) is 7.11 Å². The average molecular weight is 322 g/mol. The lowest BCUT2D eigenvalue weighted by atomic mass is 9.90. The molecule has 2 aliphatic carbocycles. The molecular formula is C20H35NO2. The van der Waals surface area contributed by atoms with Gasteiger partial charge < -0.3 is 14.8 Å². The summed E-state index contributed by atoms with van der Waals surface area (Å²) in [6, 6.07) is 0. The number of hydrogen-bond acceptors (Lipinski definition) is 3. The largest absolute Gasteiger partial charge is 0.491 e. The highest BCUT2D eigenvalue weighted by Crippen LogP contribution is 2.42. The van der Waals surface area contributed by atoms with E-state index in [1.165, 1.54) is 24.0 Å². The molecule has 0 heterocycles. The maximum atomic E-state index is 6.13. The fourth-order valence-corrected chi connectivity index (χ4v) is 3.14. The molecule has 0 aliphatic heterocycles. The van der Waals surface area contributed by atoms with E-state index in [1.807, 2.05) is 20.9 Å². The summed E-state index contributed by atoms with van der Waals surface area (Å²) < 4.78 is 11.6. The standard InChI is InChI=1S/C18H29NO2.C2H6/c1-13-6-7-14-10-18(2,3)9-8-16(17(13)14)21-12-15(20-5)11-19-4;1-2/h8-10,13,15,19H,6-7,11-12H2,1-5H3;1-2H3. The molecule has 0 radical (unpaired) electrons. The Kier molecular flexibility index (Phi) is 8.07. The number of methoxy groups -OCH3 is 1. The summed E-state index contributed by atoms with van der Waals surface area (Å²) in [6.45, 7) is 12.2. The van der Waals surface area contributed by atoms with Crippen LogP contribution in [0.2, 0.25) is 0 Å². The Morgan fingerprint density at radius 1 is 1.35 bits per heavy atom. The third-order valence-electron chi connectivity index (χ3n) is 4.35. The summed E-state index contributed by atoms with van der Waals surface area (Å²) in [4.78, 5) is 0. The number of allylic oxidation sites excluding steroid dienone is 5. The van der Waals surface area contributed by atoms with Gasteiger partial charge in [0.25, 0.3) is 0 Å². The van der Waals surface area contributed by atoms with Gasteiger partial charge in [-0.2, -0.15) is 0 Å². The topological polar surface area (TPSA) is 30.5 Å². The zero-order valence-electron chi connectivity index (χ0n) is 16.0. The molecule has 0 aromatic rings. The number of nitrogens with one attached hydrogen (secondary N) is 1. The monoisotopic (exact) mass is 321 g/mol. The van der Waals surface area contributed by atoms with Crippen LogP contribution < -0.4 is 5.32 Å². The van der Waals surface area contributed by atoms with Gasteiger partial charge in [0, 0.05) is 19.1 Å². The summed E-state index contributed by atoms with van der Waals surface area (Å²) >= 11 is 0. The first-order valence-corrected chi connectivity index (χ1v) is 8.92. The second kappa shape index (κ2) is 9.29. The normalized spacial score (nSPS) is 23.4. The van der Waals surface area contributed by atoms with Gasteiger partial charge in [0.2, 0.25) is 0 Å². The predicted octanol–water partition coefficient (Wildman–Crippen LogP) is 4.47. The predicted molar refractivity (Wildman–Crippen MR) is 98.5 cm³/mol. The smallest absolute Gasteiger partial charge is 0.122 e. The van der Waals surface area contributed by atoms with Crippen molar-refractivity contribution in [2.24, 2.45) is 11.3 Å². The van der Waals surface area contributed by atoms with E-state index in [4.69, 9.17) is 9.47 Å². The molecular weight excluding hydrogens is 286 g/mol. The van der Waals surface area contributed by atoms with Crippen LogP contribution in [0, 0.1) is 11.3 Å². The molecule has 3 heteroatoms. The quantitative estimate of drug-likeness (QED) is 0.783. The van der Waals surface area contributed by atoms with E-state index in [0.717, 1.165) is 12.3 Å². The molecule has 0 saturated heterocycles. The van der Waals surface area contributed by atoms with Crippen molar-refractivity contribution in [3.8, 4) is 0 Å². The van der Waals surface area contributed by atoms with Gasteiger partial charge in [-0.1, -0.05) is 46.8 Å². The Balaban J connectivity index is 0.00000127. The number of hydrogen-bond donors (Lipinski definition) is 1. The first kappa shape index (κ1) is 20.0. The fourth-order valence-electron chi connectivity index (χ4n) is 3.14. The van der Waals surface area contributed by atoms with Crippen molar-refractivity contribution in [3.05, 3.63) is 35.1 Å². The highest BCUT2D eigenvalue weighted by molar-refractivity contribution is 5.46. The molecule has 1 fully saturated rings. The minimum absolute atomic E-state index is 0.0805. The van der Waals surface area contributed by atoms with Crippen molar-refractivity contribution in [1.82, 2.24) is 5.32 Å². The maximum Gasteiger partial charge on any atom is 0.122 e. The van der Waals surface area contributed by atoms with Gasteiger partial charge in [-0.05, 0) is 43.0 Å². The number of likely N-dealkylation sites (N-methyl/N-ethyl adjacent to an activating group) is 1. The lowest BCUT2D eigenvalue weighted by Gasteiger charge is -2.18. The summed E-state index contributed by atoms with van der Waals surface area (Å²) in [5.74, 6) is 1.62. The van der Waals surface area contributed by atoms with Crippen LogP contribution in [0.15, 0.2) is 35.1 Å². The van der Waals surface area contributed by atoms with Gasteiger partial charge >= 0.3 is 0 Å². The lowest BCUT2D eigenvalue weighted by molar-refractivity contribution is 0.0370. The summed E-state index contributed by atoms with van der Waals surface area (Å²) in [6.07, 6.45) is 9.28. The Bertz CT molecular complexity index is 460. The van der Waals surface area contributed by atoms with Crippen LogP contribution in [0.5, 0.6) is 0 Å². The van der Waals surface area contributed by atoms with Crippen molar-refractivity contribution in [2.75, 3.05) is 27.3 Å². The molecule has 0 spiro atoms. The summed E-state index contributed by atoms with van der Waals surface area (Å²) in [7, 11) is 3.67. The van der Waals surface area contributed by atoms with E-state index in [0.29, 0.717) is 12.5 Å². The molecule has 2 rings (SSSR count). The minimum atomic E-state index is 0.0805. The van der Waals surface area contributed by atoms with E-state index in [-0.39, 0.29) is 11.5 Å². The molecule has 0 aromatic heterocycles. The average Bonchev–Trinajstić information content (AvgIpc) is 2.81. The second-order valence-electron chi connectivity index (χ2n) is 6.77. The zero-order valence-corrected chi connectivity index (χ0v) is 16.0. The third kappa shape index (κ3) is 5.50. The van der Waals surface area contributed by atoms with Crippen LogP contribution in [-0.4, -0.2) is 33.4 Å². The molecule has 2 atom stereocenters. The molecule has 0 amide bonds. The Morgan fingerprint density at radius 3 is 2.65 bits per heavy atom. The molecule has 3 nitrogen and oxygen atoms in total. The lowest BCUT2D eigenvalue weighted by Crippen LogP contribution is -2.30. The molecule has 0 aromatic carbocycles. The number of rotatable bonds is 6. The molecule has 2 unspecified atom stereocenters. The van der Waals surface area contributed by atoms with Gasteiger partial charge in [-0.25, -0.2) is 0 Å². The first-order valence-electron chi connectivity index (χ1n) is 8.92.